The summed E-state index contributed by atoms with van der Waals surface area (Å²) in [7, 11) is 0. The number of amides is 3. The van der Waals surface area contributed by atoms with Crippen molar-refractivity contribution in [3.63, 3.8) is 0 Å². The SMILES string of the molecule is C=C1CCC(N2Cc3c(OCc4ccc(CN5CCN(C(=O)OC(C)(C)C)CC5)cc4)cccc3C2=O)C(=O)N1. The molecule has 0 spiro atoms. The normalized spacial score (nSPS) is 19.9. The van der Waals surface area contributed by atoms with E-state index in [2.05, 4.69) is 41.1 Å². The Bertz CT molecular complexity index is 1290. The smallest absolute Gasteiger partial charge is 0.410 e. The van der Waals surface area contributed by atoms with Crippen LogP contribution in [-0.2, 0) is 29.2 Å². The Kier molecular flexibility index (Phi) is 7.85. The molecule has 2 saturated heterocycles. The summed E-state index contributed by atoms with van der Waals surface area (Å²) in [5, 5.41) is 2.78. The van der Waals surface area contributed by atoms with Gasteiger partial charge >= 0.3 is 6.09 Å². The van der Waals surface area contributed by atoms with Crippen LogP contribution in [0.15, 0.2) is 54.7 Å². The molecule has 5 rings (SSSR count). The summed E-state index contributed by atoms with van der Waals surface area (Å²) in [6.45, 7) is 13.9. The number of hydrogen-bond donors (Lipinski definition) is 1. The monoisotopic (exact) mass is 546 g/mol. The summed E-state index contributed by atoms with van der Waals surface area (Å²) in [6.07, 6.45) is 0.994. The first kappa shape index (κ1) is 27.7. The van der Waals surface area contributed by atoms with Crippen LogP contribution in [0.4, 0.5) is 4.79 Å². The number of piperazine rings is 1. The Morgan fingerprint density at radius 1 is 1.02 bits per heavy atom. The van der Waals surface area contributed by atoms with E-state index in [1.165, 1.54) is 5.56 Å². The molecule has 2 aromatic rings. The van der Waals surface area contributed by atoms with Gasteiger partial charge in [-0.25, -0.2) is 4.79 Å². The molecule has 9 heteroatoms. The van der Waals surface area contributed by atoms with Gasteiger partial charge in [0.25, 0.3) is 5.91 Å². The molecule has 3 amide bonds. The Hall–Kier alpha value is -3.85. The van der Waals surface area contributed by atoms with Gasteiger partial charge in [-0.15, -0.1) is 0 Å². The lowest BCUT2D eigenvalue weighted by Gasteiger charge is -2.35. The molecule has 1 N–H and O–H groups in total. The van der Waals surface area contributed by atoms with Crippen molar-refractivity contribution in [1.29, 1.82) is 0 Å². The van der Waals surface area contributed by atoms with Crippen molar-refractivity contribution in [3.05, 3.63) is 77.0 Å². The number of fused-ring (bicyclic) bond motifs is 1. The minimum absolute atomic E-state index is 0.135. The lowest BCUT2D eigenvalue weighted by molar-refractivity contribution is -0.126. The van der Waals surface area contributed by atoms with Crippen molar-refractivity contribution >= 4 is 17.9 Å². The van der Waals surface area contributed by atoms with Crippen LogP contribution in [0.1, 0.15) is 60.7 Å². The number of carbonyl (C=O) groups is 3. The van der Waals surface area contributed by atoms with Gasteiger partial charge in [0, 0.05) is 49.5 Å². The summed E-state index contributed by atoms with van der Waals surface area (Å²) in [4.78, 5) is 43.7. The van der Waals surface area contributed by atoms with Gasteiger partial charge in [0.15, 0.2) is 0 Å². The van der Waals surface area contributed by atoms with Crippen molar-refractivity contribution in [2.75, 3.05) is 26.2 Å². The van der Waals surface area contributed by atoms with Crippen LogP contribution in [0.25, 0.3) is 0 Å². The first-order valence-electron chi connectivity index (χ1n) is 13.9. The van der Waals surface area contributed by atoms with Crippen molar-refractivity contribution in [2.45, 2.75) is 65.0 Å². The zero-order valence-corrected chi connectivity index (χ0v) is 23.6. The molecule has 0 radical (unpaired) electrons. The molecule has 0 aliphatic carbocycles. The average molecular weight is 547 g/mol. The van der Waals surface area contributed by atoms with E-state index in [1.807, 2.05) is 32.9 Å². The fourth-order valence-corrected chi connectivity index (χ4v) is 5.35. The van der Waals surface area contributed by atoms with E-state index >= 15 is 0 Å². The number of carbonyl (C=O) groups excluding carboxylic acids is 3. The number of ether oxygens (including phenoxy) is 2. The van der Waals surface area contributed by atoms with Crippen LogP contribution in [-0.4, -0.2) is 70.4 Å². The number of nitrogens with zero attached hydrogens (tertiary/aromatic N) is 3. The van der Waals surface area contributed by atoms with Gasteiger partial charge in [-0.3, -0.25) is 14.5 Å². The third-order valence-electron chi connectivity index (χ3n) is 7.50. The van der Waals surface area contributed by atoms with Crippen molar-refractivity contribution in [2.24, 2.45) is 0 Å². The van der Waals surface area contributed by atoms with Crippen molar-refractivity contribution < 1.29 is 23.9 Å². The van der Waals surface area contributed by atoms with Crippen molar-refractivity contribution in [3.8, 4) is 5.75 Å². The Morgan fingerprint density at radius 3 is 2.40 bits per heavy atom. The van der Waals surface area contributed by atoms with Crippen LogP contribution in [0.2, 0.25) is 0 Å². The molecule has 0 bridgehead atoms. The number of nitrogens with one attached hydrogen (secondary N) is 1. The highest BCUT2D eigenvalue weighted by Crippen LogP contribution is 2.34. The highest BCUT2D eigenvalue weighted by molar-refractivity contribution is 6.02. The zero-order valence-electron chi connectivity index (χ0n) is 23.6. The maximum absolute atomic E-state index is 13.1. The fourth-order valence-electron chi connectivity index (χ4n) is 5.35. The quantitative estimate of drug-likeness (QED) is 0.588. The molecule has 3 aliphatic heterocycles. The Balaban J connectivity index is 1.13. The van der Waals surface area contributed by atoms with E-state index in [0.29, 0.717) is 56.1 Å². The third kappa shape index (κ3) is 6.31. The van der Waals surface area contributed by atoms with Crippen LogP contribution in [0.3, 0.4) is 0 Å². The van der Waals surface area contributed by atoms with Crippen LogP contribution < -0.4 is 10.1 Å². The standard InChI is InChI=1S/C31H38N4O5/c1-21-8-13-26(28(36)32-21)35-19-25-24(29(35)37)6-5-7-27(25)39-20-23-11-9-22(10-12-23)18-33-14-16-34(17-15-33)30(38)40-31(2,3)4/h5-7,9-12,26H,1,8,13-20H2,2-4H3,(H,32,36). The molecule has 3 heterocycles. The molecule has 2 fully saturated rings. The molecule has 212 valence electrons. The fraction of sp³-hybridized carbons (Fsp3) is 0.452. The molecular weight excluding hydrogens is 508 g/mol. The summed E-state index contributed by atoms with van der Waals surface area (Å²) < 4.78 is 11.7. The van der Waals surface area contributed by atoms with Crippen LogP contribution in [0.5, 0.6) is 5.75 Å². The van der Waals surface area contributed by atoms with Crippen LogP contribution in [0, 0.1) is 0 Å². The molecule has 0 saturated carbocycles. The maximum atomic E-state index is 13.1. The molecule has 9 nitrogen and oxygen atoms in total. The van der Waals surface area contributed by atoms with Gasteiger partial charge in [0.1, 0.15) is 24.0 Å². The maximum Gasteiger partial charge on any atom is 0.410 e. The first-order valence-corrected chi connectivity index (χ1v) is 13.9. The summed E-state index contributed by atoms with van der Waals surface area (Å²) in [6, 6.07) is 13.3. The largest absolute Gasteiger partial charge is 0.489 e. The molecule has 2 aromatic carbocycles. The van der Waals surface area contributed by atoms with Gasteiger partial charge in [-0.2, -0.15) is 0 Å². The van der Waals surface area contributed by atoms with E-state index in [1.54, 1.807) is 15.9 Å². The van der Waals surface area contributed by atoms with Crippen molar-refractivity contribution in [1.82, 2.24) is 20.0 Å². The summed E-state index contributed by atoms with van der Waals surface area (Å²) in [5.74, 6) is 0.357. The molecule has 1 atom stereocenters. The highest BCUT2D eigenvalue weighted by Gasteiger charge is 2.39. The van der Waals surface area contributed by atoms with E-state index in [9.17, 15) is 14.4 Å². The second-order valence-corrected chi connectivity index (χ2v) is 11.7. The minimum Gasteiger partial charge on any atom is -0.489 e. The Morgan fingerprint density at radius 2 is 1.73 bits per heavy atom. The second kappa shape index (κ2) is 11.3. The summed E-state index contributed by atoms with van der Waals surface area (Å²) in [5.41, 5.74) is 3.86. The molecular formula is C31H38N4O5. The van der Waals surface area contributed by atoms with Gasteiger partial charge < -0.3 is 24.6 Å². The average Bonchev–Trinajstić information content (AvgIpc) is 3.24. The lowest BCUT2D eigenvalue weighted by Crippen LogP contribution is -2.49. The molecule has 0 aromatic heterocycles. The molecule has 1 unspecified atom stereocenters. The third-order valence-corrected chi connectivity index (χ3v) is 7.50. The lowest BCUT2D eigenvalue weighted by atomic mass is 10.0. The first-order chi connectivity index (χ1) is 19.1. The minimum atomic E-state index is -0.494. The number of rotatable bonds is 6. The topological polar surface area (TPSA) is 91.4 Å². The van der Waals surface area contributed by atoms with E-state index in [-0.39, 0.29) is 17.9 Å². The second-order valence-electron chi connectivity index (χ2n) is 11.7. The van der Waals surface area contributed by atoms with E-state index < -0.39 is 11.6 Å². The number of benzene rings is 2. The summed E-state index contributed by atoms with van der Waals surface area (Å²) >= 11 is 0. The highest BCUT2D eigenvalue weighted by atomic mass is 16.6. The number of piperidine rings is 1. The van der Waals surface area contributed by atoms with Gasteiger partial charge in [0.2, 0.25) is 5.91 Å². The predicted octanol–water partition coefficient (Wildman–Crippen LogP) is 4.07. The molecule has 40 heavy (non-hydrogen) atoms. The molecule has 3 aliphatic rings. The van der Waals surface area contributed by atoms with E-state index in [4.69, 9.17) is 9.47 Å². The zero-order chi connectivity index (χ0) is 28.4. The number of allylic oxidation sites excluding steroid dienone is 1. The Labute approximate surface area is 235 Å². The predicted molar refractivity (Wildman–Crippen MR) is 150 cm³/mol. The van der Waals surface area contributed by atoms with E-state index in [0.717, 1.165) is 30.8 Å². The van der Waals surface area contributed by atoms with Gasteiger partial charge in [-0.1, -0.05) is 36.9 Å². The van der Waals surface area contributed by atoms with Crippen LogP contribution >= 0.6 is 0 Å². The van der Waals surface area contributed by atoms with Gasteiger partial charge in [-0.05, 0) is 56.9 Å². The number of hydrogen-bond acceptors (Lipinski definition) is 6. The van der Waals surface area contributed by atoms with Gasteiger partial charge in [0.05, 0.1) is 6.54 Å².